The van der Waals surface area contributed by atoms with Crippen LogP contribution < -0.4 is 4.74 Å². The molecule has 1 atom stereocenters. The summed E-state index contributed by atoms with van der Waals surface area (Å²) in [4.78, 5) is 14.9. The summed E-state index contributed by atoms with van der Waals surface area (Å²) in [5.74, 6) is 0.797. The van der Waals surface area contributed by atoms with Gasteiger partial charge in [-0.1, -0.05) is 37.6 Å². The number of nitrogens with zero attached hydrogens (tertiary/aromatic N) is 2. The summed E-state index contributed by atoms with van der Waals surface area (Å²) in [5.41, 5.74) is 3.33. The van der Waals surface area contributed by atoms with Crippen LogP contribution in [0.25, 0.3) is 11.3 Å². The molecule has 7 nitrogen and oxygen atoms in total. The quantitative estimate of drug-likeness (QED) is 0.507. The van der Waals surface area contributed by atoms with E-state index in [2.05, 4.69) is 17.1 Å². The van der Waals surface area contributed by atoms with Gasteiger partial charge in [0.2, 0.25) is 0 Å². The summed E-state index contributed by atoms with van der Waals surface area (Å²) in [7, 11) is 1.62. The van der Waals surface area contributed by atoms with Gasteiger partial charge in [0.25, 0.3) is 5.91 Å². The molecule has 0 aliphatic carbocycles. The molecular formula is C24H27N3O4. The van der Waals surface area contributed by atoms with Gasteiger partial charge in [0.15, 0.2) is 0 Å². The first kappa shape index (κ1) is 20.9. The Balaban J connectivity index is 1.74. The van der Waals surface area contributed by atoms with E-state index < -0.39 is 0 Å². The molecule has 0 radical (unpaired) electrons. The van der Waals surface area contributed by atoms with Crippen molar-refractivity contribution in [3.8, 4) is 22.8 Å². The van der Waals surface area contributed by atoms with Gasteiger partial charge in [0, 0.05) is 24.8 Å². The zero-order chi connectivity index (χ0) is 21.8. The van der Waals surface area contributed by atoms with Crippen LogP contribution in [0.3, 0.4) is 0 Å². The van der Waals surface area contributed by atoms with Crippen molar-refractivity contribution >= 4 is 5.91 Å². The maximum absolute atomic E-state index is 13.2. The van der Waals surface area contributed by atoms with Gasteiger partial charge >= 0.3 is 0 Å². The Morgan fingerprint density at radius 1 is 1.13 bits per heavy atom. The average molecular weight is 421 g/mol. The fraction of sp³-hybridized carbons (Fsp3) is 0.333. The lowest BCUT2D eigenvalue weighted by Gasteiger charge is -2.26. The molecule has 2 N–H and O–H groups in total. The van der Waals surface area contributed by atoms with Gasteiger partial charge in [-0.2, -0.15) is 5.10 Å². The fourth-order valence-corrected chi connectivity index (χ4v) is 3.92. The van der Waals surface area contributed by atoms with Gasteiger partial charge in [-0.05, 0) is 36.2 Å². The molecule has 0 fully saturated rings. The standard InChI is InChI=1S/C24H27N3O4/c1-3-4-14-31-17-11-9-16(10-12-17)23-20-21(18-7-5-6-8-19(18)28)25-26-22(20)24(29)27(23)13-15-30-2/h5-12,23,28H,3-4,13-15H2,1-2H3,(H,25,26). The van der Waals surface area contributed by atoms with E-state index in [-0.39, 0.29) is 17.7 Å². The molecule has 4 rings (SSSR count). The number of H-pyrrole nitrogens is 1. The molecule has 0 bridgehead atoms. The number of para-hydroxylation sites is 1. The van der Waals surface area contributed by atoms with Crippen LogP contribution >= 0.6 is 0 Å². The molecule has 0 saturated carbocycles. The number of benzene rings is 2. The SMILES string of the molecule is CCCCOc1ccc(C2c3c(-c4ccccc4O)n[nH]c3C(=O)N2CCOC)cc1. The van der Waals surface area contributed by atoms with E-state index in [1.807, 2.05) is 30.3 Å². The minimum atomic E-state index is -0.337. The molecule has 1 unspecified atom stereocenters. The molecule has 1 amide bonds. The number of phenolic OH excluding ortho intramolecular Hbond substituents is 1. The van der Waals surface area contributed by atoms with Crippen molar-refractivity contribution in [3.05, 3.63) is 65.4 Å². The van der Waals surface area contributed by atoms with Crippen molar-refractivity contribution in [1.82, 2.24) is 15.1 Å². The maximum Gasteiger partial charge on any atom is 0.273 e. The molecule has 1 aliphatic rings. The third kappa shape index (κ3) is 4.01. The highest BCUT2D eigenvalue weighted by Crippen LogP contribution is 2.44. The van der Waals surface area contributed by atoms with Crippen LogP contribution in [0.15, 0.2) is 48.5 Å². The van der Waals surface area contributed by atoms with Gasteiger partial charge in [-0.15, -0.1) is 0 Å². The van der Waals surface area contributed by atoms with Crippen LogP contribution in [0.5, 0.6) is 11.5 Å². The third-order valence-corrected chi connectivity index (χ3v) is 5.52. The Hall–Kier alpha value is -3.32. The predicted octanol–water partition coefficient (Wildman–Crippen LogP) is 4.15. The van der Waals surface area contributed by atoms with E-state index in [1.165, 1.54) is 0 Å². The second-order valence-corrected chi connectivity index (χ2v) is 7.54. The molecule has 0 spiro atoms. The second kappa shape index (κ2) is 9.22. The molecule has 3 aromatic rings. The lowest BCUT2D eigenvalue weighted by molar-refractivity contribution is 0.0677. The molecule has 0 saturated heterocycles. The molecule has 2 aromatic carbocycles. The molecule has 2 heterocycles. The van der Waals surface area contributed by atoms with Crippen molar-refractivity contribution < 1.29 is 19.4 Å². The van der Waals surface area contributed by atoms with E-state index in [9.17, 15) is 9.90 Å². The smallest absolute Gasteiger partial charge is 0.273 e. The van der Waals surface area contributed by atoms with Gasteiger partial charge in [0.05, 0.1) is 19.3 Å². The summed E-state index contributed by atoms with van der Waals surface area (Å²) in [6.07, 6.45) is 2.08. The number of unbranched alkanes of at least 4 members (excludes halogenated alkanes) is 1. The van der Waals surface area contributed by atoms with Gasteiger partial charge in [-0.3, -0.25) is 9.89 Å². The predicted molar refractivity (Wildman–Crippen MR) is 117 cm³/mol. The minimum Gasteiger partial charge on any atom is -0.507 e. The number of ether oxygens (including phenoxy) is 2. The molecular weight excluding hydrogens is 394 g/mol. The molecule has 1 aliphatic heterocycles. The highest BCUT2D eigenvalue weighted by Gasteiger charge is 2.42. The van der Waals surface area contributed by atoms with Crippen LogP contribution in [0.1, 0.15) is 47.4 Å². The minimum absolute atomic E-state index is 0.123. The van der Waals surface area contributed by atoms with Crippen molar-refractivity contribution in [3.63, 3.8) is 0 Å². The fourth-order valence-electron chi connectivity index (χ4n) is 3.92. The Morgan fingerprint density at radius 3 is 2.61 bits per heavy atom. The number of phenols is 1. The molecule has 31 heavy (non-hydrogen) atoms. The molecule has 162 valence electrons. The van der Waals surface area contributed by atoms with E-state index in [0.29, 0.717) is 36.7 Å². The number of hydrogen-bond acceptors (Lipinski definition) is 5. The maximum atomic E-state index is 13.2. The number of carbonyl (C=O) groups is 1. The van der Waals surface area contributed by atoms with E-state index >= 15 is 0 Å². The number of carbonyl (C=O) groups excluding carboxylic acids is 1. The zero-order valence-electron chi connectivity index (χ0n) is 17.8. The molecule has 1 aromatic heterocycles. The number of aromatic nitrogens is 2. The van der Waals surface area contributed by atoms with Gasteiger partial charge < -0.3 is 19.5 Å². The van der Waals surface area contributed by atoms with E-state index in [1.54, 1.807) is 30.2 Å². The van der Waals surface area contributed by atoms with Crippen molar-refractivity contribution in [2.24, 2.45) is 0 Å². The normalized spacial score (nSPS) is 15.4. The van der Waals surface area contributed by atoms with Gasteiger partial charge in [0.1, 0.15) is 22.9 Å². The Bertz CT molecular complexity index is 1050. The first-order valence-electron chi connectivity index (χ1n) is 10.5. The van der Waals surface area contributed by atoms with Crippen LogP contribution in [0, 0.1) is 0 Å². The lowest BCUT2D eigenvalue weighted by Crippen LogP contribution is -2.32. The summed E-state index contributed by atoms with van der Waals surface area (Å²) in [6.45, 7) is 3.67. The zero-order valence-corrected chi connectivity index (χ0v) is 17.8. The Labute approximate surface area is 181 Å². The monoisotopic (exact) mass is 421 g/mol. The Morgan fingerprint density at radius 2 is 1.90 bits per heavy atom. The highest BCUT2D eigenvalue weighted by atomic mass is 16.5. The van der Waals surface area contributed by atoms with E-state index in [4.69, 9.17) is 9.47 Å². The van der Waals surface area contributed by atoms with Crippen LogP contribution in [0.2, 0.25) is 0 Å². The lowest BCUT2D eigenvalue weighted by atomic mass is 9.95. The van der Waals surface area contributed by atoms with Crippen molar-refractivity contribution in [2.45, 2.75) is 25.8 Å². The third-order valence-electron chi connectivity index (χ3n) is 5.52. The summed E-state index contributed by atoms with van der Waals surface area (Å²) in [6, 6.07) is 14.5. The number of amides is 1. The number of aromatic hydroxyl groups is 1. The first-order chi connectivity index (χ1) is 15.2. The number of nitrogens with one attached hydrogen (secondary N) is 1. The van der Waals surface area contributed by atoms with Crippen molar-refractivity contribution in [1.29, 1.82) is 0 Å². The highest BCUT2D eigenvalue weighted by molar-refractivity contribution is 6.00. The van der Waals surface area contributed by atoms with Crippen LogP contribution in [0.4, 0.5) is 0 Å². The van der Waals surface area contributed by atoms with Gasteiger partial charge in [-0.25, -0.2) is 0 Å². The first-order valence-corrected chi connectivity index (χ1v) is 10.5. The molecule has 7 heteroatoms. The summed E-state index contributed by atoms with van der Waals surface area (Å²) >= 11 is 0. The van der Waals surface area contributed by atoms with Crippen LogP contribution in [-0.2, 0) is 4.74 Å². The van der Waals surface area contributed by atoms with Crippen LogP contribution in [-0.4, -0.2) is 53.0 Å². The average Bonchev–Trinajstić information content (AvgIpc) is 3.32. The number of hydrogen-bond donors (Lipinski definition) is 2. The largest absolute Gasteiger partial charge is 0.507 e. The summed E-state index contributed by atoms with van der Waals surface area (Å²) < 4.78 is 11.0. The topological polar surface area (TPSA) is 87.7 Å². The number of fused-ring (bicyclic) bond motifs is 1. The Kier molecular flexibility index (Phi) is 6.23. The number of methoxy groups -OCH3 is 1. The number of rotatable bonds is 9. The second-order valence-electron chi connectivity index (χ2n) is 7.54. The van der Waals surface area contributed by atoms with Crippen molar-refractivity contribution in [2.75, 3.05) is 26.9 Å². The summed E-state index contributed by atoms with van der Waals surface area (Å²) in [5, 5.41) is 17.7. The van der Waals surface area contributed by atoms with E-state index in [0.717, 1.165) is 29.7 Å². The number of aromatic amines is 1.